The Morgan fingerprint density at radius 1 is 0.290 bits per heavy atom. The highest BCUT2D eigenvalue weighted by Crippen LogP contribution is 2.39. The second kappa shape index (κ2) is 14.7. The molecule has 0 radical (unpaired) electrons. The van der Waals surface area contributed by atoms with Crippen LogP contribution in [0.1, 0.15) is 23.3 Å². The molecule has 5 heteroatoms. The lowest BCUT2D eigenvalue weighted by atomic mass is 9.93. The summed E-state index contributed by atoms with van der Waals surface area (Å²) in [6, 6.07) is 20.2. The van der Waals surface area contributed by atoms with Crippen LogP contribution in [0.25, 0.3) is 123 Å². The topological polar surface area (TPSA) is 65.0 Å². The lowest BCUT2D eigenvalue weighted by Crippen LogP contribution is -2.00. The predicted octanol–water partition coefficient (Wildman–Crippen LogP) is 15.3. The largest absolute Gasteiger partial charge is 0.456 e. The van der Waals surface area contributed by atoms with E-state index in [0.29, 0.717) is 22.3 Å². The number of hydrogen-bond acceptors (Lipinski definition) is 5. The molecule has 290 valence electrons. The van der Waals surface area contributed by atoms with Gasteiger partial charge in [0.1, 0.15) is 22.3 Å². The molecule has 0 N–H and O–H groups in total. The van der Waals surface area contributed by atoms with E-state index in [1.807, 2.05) is 84.9 Å². The predicted molar refractivity (Wildman–Crippen MR) is 252 cm³/mol. The molecule has 0 unspecified atom stereocenters. The van der Waals surface area contributed by atoms with Gasteiger partial charge >= 0.3 is 0 Å². The first kappa shape index (κ1) is 22.3. The molecule has 0 amide bonds. The van der Waals surface area contributed by atoms with Crippen LogP contribution in [0.15, 0.2) is 221 Å². The molecule has 0 aliphatic heterocycles. The summed E-state index contributed by atoms with van der Waals surface area (Å²) >= 11 is 0. The van der Waals surface area contributed by atoms with Crippen molar-refractivity contribution in [3.05, 3.63) is 212 Å². The van der Waals surface area contributed by atoms with Crippen LogP contribution in [-0.4, -0.2) is 15.0 Å². The van der Waals surface area contributed by atoms with Crippen LogP contribution in [0.4, 0.5) is 0 Å². The molecule has 0 saturated heterocycles. The van der Waals surface area contributed by atoms with Gasteiger partial charge < -0.3 is 8.83 Å². The Kier molecular flexibility index (Phi) is 5.28. The highest BCUT2D eigenvalue weighted by atomic mass is 16.3. The number of benzene rings is 9. The van der Waals surface area contributed by atoms with Gasteiger partial charge in [0.2, 0.25) is 0 Å². The number of para-hydroxylation sites is 1. The summed E-state index contributed by atoms with van der Waals surface area (Å²) in [6.45, 7) is 0. The third kappa shape index (κ3) is 6.40. The average Bonchev–Trinajstić information content (AvgIpc) is 4.25. The van der Waals surface area contributed by atoms with Crippen LogP contribution in [0.3, 0.4) is 0 Å². The monoisotopic (exact) mass is 810 g/mol. The van der Waals surface area contributed by atoms with E-state index < -0.39 is 136 Å². The van der Waals surface area contributed by atoms with Crippen molar-refractivity contribution in [3.63, 3.8) is 0 Å². The summed E-state index contributed by atoms with van der Waals surface area (Å²) in [6.07, 6.45) is 0. The molecular weight excluding hydrogens is 759 g/mol. The molecule has 0 aliphatic rings. The zero-order chi connectivity index (χ0) is 55.8. The number of nitrogens with zero attached hydrogens (tertiary/aromatic N) is 3. The lowest BCUT2D eigenvalue weighted by molar-refractivity contribution is 0.668. The van der Waals surface area contributed by atoms with Gasteiger partial charge in [-0.25, -0.2) is 15.0 Å². The minimum atomic E-state index is -0.847. The molecule has 0 aliphatic carbocycles. The fourth-order valence-corrected chi connectivity index (χ4v) is 7.37. The van der Waals surface area contributed by atoms with Crippen LogP contribution >= 0.6 is 0 Å². The number of hydrogen-bond donors (Lipinski definition) is 0. The van der Waals surface area contributed by atoms with Gasteiger partial charge in [0.25, 0.3) is 0 Å². The van der Waals surface area contributed by atoms with E-state index in [2.05, 4.69) is 0 Å². The molecule has 0 spiro atoms. The van der Waals surface area contributed by atoms with E-state index in [9.17, 15) is 11.0 Å². The third-order valence-electron chi connectivity index (χ3n) is 10.4. The minimum absolute atomic E-state index is 0.155. The van der Waals surface area contributed by atoms with Crippen LogP contribution in [0.5, 0.6) is 0 Å². The number of fused-ring (bicyclic) bond motifs is 6. The molecule has 12 rings (SSSR count). The molecule has 0 atom stereocenters. The van der Waals surface area contributed by atoms with Crippen molar-refractivity contribution in [2.24, 2.45) is 0 Å². The van der Waals surface area contributed by atoms with Gasteiger partial charge in [-0.15, -0.1) is 0 Å². The first-order chi connectivity index (χ1) is 37.8. The molecule has 5 nitrogen and oxygen atoms in total. The van der Waals surface area contributed by atoms with E-state index in [4.69, 9.17) is 36.1 Å². The fourth-order valence-electron chi connectivity index (χ4n) is 7.37. The first-order valence-corrected chi connectivity index (χ1v) is 19.4. The van der Waals surface area contributed by atoms with E-state index in [1.165, 1.54) is 0 Å². The van der Waals surface area contributed by atoms with Gasteiger partial charge in [-0.3, -0.25) is 0 Å². The lowest BCUT2D eigenvalue weighted by Gasteiger charge is -2.11. The number of rotatable bonds is 7. The van der Waals surface area contributed by atoms with E-state index in [-0.39, 0.29) is 45.0 Å². The standard InChI is InChI=1S/C57H35N3O2/c1-4-12-36(13-5-1)39-20-22-40(23-21-39)55-58-56(42-26-29-52-50(34-42)47-18-10-11-19-51(47)61-52)60-57(59-55)43-24-27-48-49-33-41(25-28-53(49)62-54(48)35-43)46-31-44(37-14-6-2-7-15-37)30-45(32-46)38-16-8-3-9-17-38/h1-35H/i2D,6D,7D,8D,9D,14D,15D,16D,17D,24D,27D,28D,30D,31D,32D,33D,35D. The van der Waals surface area contributed by atoms with Gasteiger partial charge in [-0.05, 0) is 111 Å². The van der Waals surface area contributed by atoms with Gasteiger partial charge in [-0.1, -0.05) is 145 Å². The zero-order valence-electron chi connectivity index (χ0n) is 49.1. The van der Waals surface area contributed by atoms with Crippen molar-refractivity contribution in [2.75, 3.05) is 0 Å². The van der Waals surface area contributed by atoms with Crippen molar-refractivity contribution in [3.8, 4) is 78.7 Å². The Morgan fingerprint density at radius 2 is 0.887 bits per heavy atom. The average molecular weight is 811 g/mol. The highest BCUT2D eigenvalue weighted by molar-refractivity contribution is 6.08. The van der Waals surface area contributed by atoms with Crippen molar-refractivity contribution in [1.29, 1.82) is 0 Å². The zero-order valence-corrected chi connectivity index (χ0v) is 32.1. The second-order valence-electron chi connectivity index (χ2n) is 14.2. The van der Waals surface area contributed by atoms with Crippen LogP contribution in [-0.2, 0) is 0 Å². The molecule has 3 aromatic heterocycles. The van der Waals surface area contributed by atoms with E-state index >= 15 is 0 Å². The Bertz CT molecular complexity index is 4580. The van der Waals surface area contributed by atoms with Gasteiger partial charge in [0.15, 0.2) is 17.5 Å². The molecule has 9 aromatic carbocycles. The highest BCUT2D eigenvalue weighted by Gasteiger charge is 2.17. The molecule has 0 bridgehead atoms. The summed E-state index contributed by atoms with van der Waals surface area (Å²) in [5.74, 6) is 0.145. The maximum Gasteiger partial charge on any atom is 0.164 e. The van der Waals surface area contributed by atoms with Gasteiger partial charge in [-0.2, -0.15) is 0 Å². The normalized spacial score (nSPS) is 15.4. The number of furan rings is 2. The Labute approximate surface area is 381 Å². The number of aromatic nitrogens is 3. The van der Waals surface area contributed by atoms with Crippen molar-refractivity contribution >= 4 is 43.9 Å². The molecule has 3 heterocycles. The third-order valence-corrected chi connectivity index (χ3v) is 10.4. The SMILES string of the molecule is [2H]c1cc([2H])c([2H])c(-c2c([2H])c(-c3cc([2H])c4oc5c([2H])c(-c6nc(-c7ccc(-c8ccccc8)cc7)nc(-c7ccc8oc9ccccc9c8c7)n6)c([2H])c([2H])c5c4c3[2H])c([2H])c(-c3c([2H])c([2H])c([2H])c([2H])c3[2H])c2[2H])c1[2H]. The summed E-state index contributed by atoms with van der Waals surface area (Å²) < 4.78 is 166. The molecule has 12 aromatic rings. The smallest absolute Gasteiger partial charge is 0.164 e. The van der Waals surface area contributed by atoms with E-state index in [0.717, 1.165) is 34.0 Å². The van der Waals surface area contributed by atoms with Gasteiger partial charge in [0.05, 0.1) is 23.3 Å². The molecule has 62 heavy (non-hydrogen) atoms. The Morgan fingerprint density at radius 3 is 1.66 bits per heavy atom. The first-order valence-electron chi connectivity index (χ1n) is 27.9. The maximum atomic E-state index is 9.78. The fraction of sp³-hybridized carbons (Fsp3) is 0. The molecule has 0 saturated carbocycles. The van der Waals surface area contributed by atoms with Gasteiger partial charge in [0, 0.05) is 38.2 Å². The molecular formula is C57H35N3O2. The Balaban J connectivity index is 1.10. The summed E-state index contributed by atoms with van der Waals surface area (Å²) in [5.41, 5.74) is -0.198. The quantitative estimate of drug-likeness (QED) is 0.160. The van der Waals surface area contributed by atoms with Crippen molar-refractivity contribution < 1.29 is 32.1 Å². The van der Waals surface area contributed by atoms with Crippen molar-refractivity contribution in [1.82, 2.24) is 15.0 Å². The van der Waals surface area contributed by atoms with Crippen LogP contribution in [0.2, 0.25) is 0 Å². The van der Waals surface area contributed by atoms with Crippen LogP contribution in [0, 0.1) is 0 Å². The van der Waals surface area contributed by atoms with E-state index in [1.54, 1.807) is 12.1 Å². The minimum Gasteiger partial charge on any atom is -0.456 e. The summed E-state index contributed by atoms with van der Waals surface area (Å²) in [7, 11) is 0. The second-order valence-corrected chi connectivity index (χ2v) is 14.2. The van der Waals surface area contributed by atoms with Crippen molar-refractivity contribution in [2.45, 2.75) is 0 Å². The summed E-state index contributed by atoms with van der Waals surface area (Å²) in [4.78, 5) is 14.5. The molecule has 0 fully saturated rings. The van der Waals surface area contributed by atoms with Crippen LogP contribution < -0.4 is 0 Å². The summed E-state index contributed by atoms with van der Waals surface area (Å²) in [5, 5.41) is 1.05. The maximum absolute atomic E-state index is 9.78. The Hall–Kier alpha value is -8.41.